The average molecular weight is 614 g/mol. The smallest absolute Gasteiger partial charge is 0.229 e. The standard InChI is InChI=1S/C33H43N3O4S.ClH/c1-41(39,40)27-13-11-24(12-14-27)23-36-20-17-33(32(36)38)15-18-35(19-16-33)30(31(37)26-9-5-6-10-26)29-22-34-21-28(29)25-7-3-2-4-8-25;/h2-4,7-8,11-14,26,28-30,34H,5-6,9-10,15-23H2,1H3;1H/t28-,29-,30?;/m1./s1. The van der Waals surface area contributed by atoms with E-state index in [0.717, 1.165) is 83.2 Å². The Morgan fingerprint density at radius 2 is 1.60 bits per heavy atom. The molecule has 7 nitrogen and oxygen atoms in total. The molecule has 3 saturated heterocycles. The molecule has 2 aromatic carbocycles. The normalized spacial score (nSPS) is 25.5. The lowest BCUT2D eigenvalue weighted by molar-refractivity contribution is -0.140. The van der Waals surface area contributed by atoms with Crippen LogP contribution in [0, 0.1) is 17.3 Å². The quantitative estimate of drug-likeness (QED) is 0.473. The van der Waals surface area contributed by atoms with E-state index in [0.29, 0.717) is 23.1 Å². The Morgan fingerprint density at radius 3 is 2.24 bits per heavy atom. The topological polar surface area (TPSA) is 86.8 Å². The Bertz CT molecular complexity index is 1350. The van der Waals surface area contributed by atoms with Crippen LogP contribution in [0.2, 0.25) is 0 Å². The Kier molecular flexibility index (Phi) is 9.48. The van der Waals surface area contributed by atoms with E-state index in [4.69, 9.17) is 0 Å². The van der Waals surface area contributed by atoms with Crippen molar-refractivity contribution in [3.05, 3.63) is 65.7 Å². The minimum Gasteiger partial charge on any atom is -0.338 e. The Morgan fingerprint density at radius 1 is 0.952 bits per heavy atom. The molecule has 1 saturated carbocycles. The minimum absolute atomic E-state index is 0. The number of rotatable bonds is 8. The number of piperidine rings is 1. The lowest BCUT2D eigenvalue weighted by Gasteiger charge is -2.44. The third-order valence-electron chi connectivity index (χ3n) is 10.4. The highest BCUT2D eigenvalue weighted by molar-refractivity contribution is 7.90. The number of carbonyl (C=O) groups is 2. The van der Waals surface area contributed by atoms with Crippen LogP contribution in [0.25, 0.3) is 0 Å². The van der Waals surface area contributed by atoms with Crippen molar-refractivity contribution in [2.24, 2.45) is 17.3 Å². The number of hydrogen-bond donors (Lipinski definition) is 1. The van der Waals surface area contributed by atoms with Gasteiger partial charge in [0.05, 0.1) is 16.4 Å². The molecule has 3 heterocycles. The van der Waals surface area contributed by atoms with Gasteiger partial charge in [0, 0.05) is 50.2 Å². The molecule has 4 fully saturated rings. The predicted octanol–water partition coefficient (Wildman–Crippen LogP) is 4.46. The maximum absolute atomic E-state index is 14.1. The van der Waals surface area contributed by atoms with E-state index in [1.807, 2.05) is 17.0 Å². The molecule has 4 aliphatic rings. The summed E-state index contributed by atoms with van der Waals surface area (Å²) >= 11 is 0. The second kappa shape index (κ2) is 12.8. The van der Waals surface area contributed by atoms with Crippen LogP contribution in [-0.4, -0.2) is 74.9 Å². The second-order valence-corrected chi connectivity index (χ2v) is 14.9. The van der Waals surface area contributed by atoms with E-state index in [1.54, 1.807) is 12.1 Å². The summed E-state index contributed by atoms with van der Waals surface area (Å²) in [6, 6.07) is 17.4. The molecule has 3 aliphatic heterocycles. The van der Waals surface area contributed by atoms with E-state index in [9.17, 15) is 18.0 Å². The molecule has 0 bridgehead atoms. The van der Waals surface area contributed by atoms with Gasteiger partial charge in [-0.2, -0.15) is 0 Å². The largest absolute Gasteiger partial charge is 0.338 e. The SMILES string of the molecule is CS(=O)(=O)c1ccc(CN2CCC3(CCN(C(C(=O)C4CCCC4)[C@@H]4CNC[C@@H]4c4ccccc4)CC3)C2=O)cc1.Cl. The molecule has 1 amide bonds. The first-order chi connectivity index (χ1) is 19.7. The molecule has 0 radical (unpaired) electrons. The van der Waals surface area contributed by atoms with Gasteiger partial charge in [-0.1, -0.05) is 55.3 Å². The highest BCUT2D eigenvalue weighted by Crippen LogP contribution is 2.44. The number of amides is 1. The zero-order chi connectivity index (χ0) is 28.6. The van der Waals surface area contributed by atoms with E-state index in [1.165, 1.54) is 11.8 Å². The molecule has 1 aliphatic carbocycles. The summed E-state index contributed by atoms with van der Waals surface area (Å²) in [5, 5.41) is 3.61. The van der Waals surface area contributed by atoms with Crippen molar-refractivity contribution >= 4 is 33.9 Å². The van der Waals surface area contributed by atoms with Gasteiger partial charge >= 0.3 is 0 Å². The van der Waals surface area contributed by atoms with Gasteiger partial charge in [0.1, 0.15) is 0 Å². The molecule has 1 N–H and O–H groups in total. The minimum atomic E-state index is -3.24. The maximum Gasteiger partial charge on any atom is 0.229 e. The first kappa shape index (κ1) is 31.2. The molecule has 42 heavy (non-hydrogen) atoms. The van der Waals surface area contributed by atoms with Crippen molar-refractivity contribution in [3.63, 3.8) is 0 Å². The van der Waals surface area contributed by atoms with Crippen molar-refractivity contribution in [2.45, 2.75) is 68.3 Å². The Hall–Kier alpha value is -2.26. The van der Waals surface area contributed by atoms with Crippen molar-refractivity contribution < 1.29 is 18.0 Å². The van der Waals surface area contributed by atoms with Crippen LogP contribution >= 0.6 is 12.4 Å². The fraction of sp³-hybridized carbons (Fsp3) is 0.576. The van der Waals surface area contributed by atoms with Crippen LogP contribution in [0.3, 0.4) is 0 Å². The van der Waals surface area contributed by atoms with E-state index >= 15 is 0 Å². The zero-order valence-electron chi connectivity index (χ0n) is 24.5. The van der Waals surface area contributed by atoms with E-state index in [2.05, 4.69) is 40.5 Å². The predicted molar refractivity (Wildman–Crippen MR) is 166 cm³/mol. The fourth-order valence-corrected chi connectivity index (χ4v) is 8.64. The monoisotopic (exact) mass is 613 g/mol. The highest BCUT2D eigenvalue weighted by atomic mass is 35.5. The summed E-state index contributed by atoms with van der Waals surface area (Å²) < 4.78 is 23.6. The first-order valence-electron chi connectivity index (χ1n) is 15.4. The fourth-order valence-electron chi connectivity index (χ4n) is 8.01. The number of nitrogens with zero attached hydrogens (tertiary/aromatic N) is 2. The second-order valence-electron chi connectivity index (χ2n) is 12.9. The van der Waals surface area contributed by atoms with Gasteiger partial charge in [-0.15, -0.1) is 12.4 Å². The molecule has 9 heteroatoms. The summed E-state index contributed by atoms with van der Waals surface area (Å²) in [5.41, 5.74) is 1.91. The lowest BCUT2D eigenvalue weighted by atomic mass is 9.74. The lowest BCUT2D eigenvalue weighted by Crippen LogP contribution is -2.55. The molecule has 3 atom stereocenters. The van der Waals surface area contributed by atoms with Crippen molar-refractivity contribution in [2.75, 3.05) is 39.0 Å². The van der Waals surface area contributed by atoms with Gasteiger partial charge in [0.15, 0.2) is 15.6 Å². The van der Waals surface area contributed by atoms with Crippen LogP contribution in [0.1, 0.15) is 62.0 Å². The van der Waals surface area contributed by atoms with Crippen molar-refractivity contribution in [1.82, 2.24) is 15.1 Å². The molecule has 2 aromatic rings. The third kappa shape index (κ3) is 6.19. The van der Waals surface area contributed by atoms with Crippen molar-refractivity contribution in [3.8, 4) is 0 Å². The van der Waals surface area contributed by atoms with Gasteiger partial charge in [0.2, 0.25) is 5.91 Å². The third-order valence-corrected chi connectivity index (χ3v) is 11.5. The van der Waals surface area contributed by atoms with Gasteiger partial charge in [-0.3, -0.25) is 14.5 Å². The molecule has 1 unspecified atom stereocenters. The summed E-state index contributed by atoms with van der Waals surface area (Å²) in [7, 11) is -3.24. The molecule has 1 spiro atoms. The zero-order valence-corrected chi connectivity index (χ0v) is 26.2. The molecule has 228 valence electrons. The number of sulfone groups is 1. The van der Waals surface area contributed by atoms with Gasteiger partial charge < -0.3 is 10.2 Å². The molecule has 6 rings (SSSR count). The number of Topliss-reactive ketones (excluding diaryl/α,β-unsaturated/α-hetero) is 1. The summed E-state index contributed by atoms with van der Waals surface area (Å²) in [5.74, 6) is 1.38. The number of ketones is 1. The highest BCUT2D eigenvalue weighted by Gasteiger charge is 2.51. The summed E-state index contributed by atoms with van der Waals surface area (Å²) in [6.07, 6.45) is 7.97. The van der Waals surface area contributed by atoms with Crippen LogP contribution in [0.5, 0.6) is 0 Å². The molecular weight excluding hydrogens is 570 g/mol. The molecular formula is C33H44ClN3O4S. The number of halogens is 1. The van der Waals surface area contributed by atoms with Gasteiger partial charge in [-0.25, -0.2) is 8.42 Å². The number of hydrogen-bond acceptors (Lipinski definition) is 6. The number of benzene rings is 2. The Labute approximate surface area is 256 Å². The van der Waals surface area contributed by atoms with Crippen molar-refractivity contribution in [1.29, 1.82) is 0 Å². The number of carbonyl (C=O) groups excluding carboxylic acids is 2. The van der Waals surface area contributed by atoms with Crippen LogP contribution in [-0.2, 0) is 26.0 Å². The number of likely N-dealkylation sites (tertiary alicyclic amines) is 2. The maximum atomic E-state index is 14.1. The first-order valence-corrected chi connectivity index (χ1v) is 17.3. The molecule has 0 aromatic heterocycles. The van der Waals surface area contributed by atoms with Crippen LogP contribution in [0.15, 0.2) is 59.5 Å². The number of nitrogens with one attached hydrogen (secondary N) is 1. The summed E-state index contributed by atoms with van der Waals surface area (Å²) in [6.45, 7) is 4.55. The van der Waals surface area contributed by atoms with Gasteiger partial charge in [-0.05, 0) is 68.5 Å². The van der Waals surface area contributed by atoms with E-state index < -0.39 is 9.84 Å². The van der Waals surface area contributed by atoms with Gasteiger partial charge in [0.25, 0.3) is 0 Å². The Balaban J connectivity index is 0.00000353. The van der Waals surface area contributed by atoms with E-state index in [-0.39, 0.29) is 41.6 Å². The average Bonchev–Trinajstić information content (AvgIpc) is 3.74. The van der Waals surface area contributed by atoms with Crippen LogP contribution in [0.4, 0.5) is 0 Å². The summed E-state index contributed by atoms with van der Waals surface area (Å²) in [4.78, 5) is 32.6. The van der Waals surface area contributed by atoms with Crippen LogP contribution < -0.4 is 5.32 Å².